The first-order chi connectivity index (χ1) is 14.5. The van der Waals surface area contributed by atoms with Gasteiger partial charge in [-0.05, 0) is 52.9 Å². The summed E-state index contributed by atoms with van der Waals surface area (Å²) in [7, 11) is -0.377. The summed E-state index contributed by atoms with van der Waals surface area (Å²) in [5.41, 5.74) is 1.68. The Bertz CT molecular complexity index is 1080. The lowest BCUT2D eigenvalue weighted by molar-refractivity contribution is 0.284. The largest absolute Gasteiger partial charge is 0.497 e. The molecule has 0 amide bonds. The first kappa shape index (κ1) is 21.9. The number of nitrogens with one attached hydrogen (secondary N) is 1. The minimum absolute atomic E-state index is 0.270. The number of sulfonamides is 1. The van der Waals surface area contributed by atoms with Gasteiger partial charge in [0, 0.05) is 16.8 Å². The molecule has 0 saturated carbocycles. The van der Waals surface area contributed by atoms with E-state index in [1.807, 2.05) is 41.8 Å². The van der Waals surface area contributed by atoms with Crippen molar-refractivity contribution in [3.8, 4) is 17.2 Å². The number of thiophene rings is 1. The minimum atomic E-state index is -3.54. The Morgan fingerprint density at radius 3 is 2.47 bits per heavy atom. The Hall–Kier alpha value is -2.81. The van der Waals surface area contributed by atoms with Crippen molar-refractivity contribution in [2.45, 2.75) is 13.2 Å². The van der Waals surface area contributed by atoms with Crippen LogP contribution in [0, 0.1) is 0 Å². The lowest BCUT2D eigenvalue weighted by Crippen LogP contribution is -2.19. The minimum Gasteiger partial charge on any atom is -0.497 e. The van der Waals surface area contributed by atoms with E-state index < -0.39 is 10.0 Å². The van der Waals surface area contributed by atoms with Crippen LogP contribution in [0.15, 0.2) is 65.4 Å². The second kappa shape index (κ2) is 10.3. The van der Waals surface area contributed by atoms with Crippen LogP contribution in [0.4, 0.5) is 0 Å². The molecule has 0 saturated heterocycles. The van der Waals surface area contributed by atoms with Crippen LogP contribution < -0.4 is 18.9 Å². The Morgan fingerprint density at radius 2 is 1.80 bits per heavy atom. The zero-order valence-corrected chi connectivity index (χ0v) is 18.3. The summed E-state index contributed by atoms with van der Waals surface area (Å²) in [5, 5.41) is 3.05. The van der Waals surface area contributed by atoms with Crippen molar-refractivity contribution < 1.29 is 22.6 Å². The maximum atomic E-state index is 12.2. The second-order valence-electron chi connectivity index (χ2n) is 6.30. The lowest BCUT2D eigenvalue weighted by Gasteiger charge is -2.12. The van der Waals surface area contributed by atoms with Gasteiger partial charge >= 0.3 is 0 Å². The molecule has 0 fully saturated rings. The molecular weight excluding hydrogens is 422 g/mol. The summed E-state index contributed by atoms with van der Waals surface area (Å²) in [6.07, 6.45) is 1.52. The fourth-order valence-corrected chi connectivity index (χ4v) is 4.12. The van der Waals surface area contributed by atoms with E-state index in [4.69, 9.17) is 14.2 Å². The lowest BCUT2D eigenvalue weighted by atomic mass is 10.2. The summed E-state index contributed by atoms with van der Waals surface area (Å²) < 4.78 is 43.3. The van der Waals surface area contributed by atoms with Crippen LogP contribution in [-0.2, 0) is 23.2 Å². The Balaban J connectivity index is 1.63. The Kier molecular flexibility index (Phi) is 7.51. The number of hydrogen-bond donors (Lipinski definition) is 1. The van der Waals surface area contributed by atoms with E-state index >= 15 is 0 Å². The molecule has 0 aliphatic rings. The summed E-state index contributed by atoms with van der Waals surface area (Å²) in [6.45, 7) is 0.641. The topological polar surface area (TPSA) is 73.9 Å². The van der Waals surface area contributed by atoms with Gasteiger partial charge in [-0.25, -0.2) is 13.1 Å². The third-order valence-corrected chi connectivity index (χ3v) is 6.13. The van der Waals surface area contributed by atoms with Crippen LogP contribution in [0.2, 0.25) is 0 Å². The molecule has 0 radical (unpaired) electrons. The molecular formula is C22H23NO5S2. The van der Waals surface area contributed by atoms with Crippen molar-refractivity contribution in [1.82, 2.24) is 4.72 Å². The van der Waals surface area contributed by atoms with Gasteiger partial charge in [-0.15, -0.1) is 11.3 Å². The first-order valence-electron chi connectivity index (χ1n) is 9.13. The van der Waals surface area contributed by atoms with E-state index in [-0.39, 0.29) is 6.54 Å². The molecule has 0 spiro atoms. The van der Waals surface area contributed by atoms with Gasteiger partial charge < -0.3 is 14.2 Å². The van der Waals surface area contributed by atoms with Crippen LogP contribution in [0.1, 0.15) is 16.0 Å². The smallest absolute Gasteiger partial charge is 0.234 e. The van der Waals surface area contributed by atoms with Crippen molar-refractivity contribution in [3.05, 3.63) is 81.4 Å². The van der Waals surface area contributed by atoms with Gasteiger partial charge in [-0.3, -0.25) is 0 Å². The van der Waals surface area contributed by atoms with E-state index in [1.54, 1.807) is 32.4 Å². The third-order valence-electron chi connectivity index (χ3n) is 4.21. The third kappa shape index (κ3) is 6.35. The number of rotatable bonds is 10. The molecule has 158 valence electrons. The molecule has 8 heteroatoms. The molecule has 1 N–H and O–H groups in total. The summed E-state index contributed by atoms with van der Waals surface area (Å²) in [6, 6.07) is 16.6. The number of benzene rings is 2. The SMILES string of the molecule is COc1ccc(COc2ccc(C=CS(=O)(=O)NCc3cccs3)cc2OC)cc1. The van der Waals surface area contributed by atoms with E-state index in [9.17, 15) is 8.42 Å². The molecule has 0 aliphatic carbocycles. The predicted octanol–water partition coefficient (Wildman–Crippen LogP) is 4.43. The highest BCUT2D eigenvalue weighted by molar-refractivity contribution is 7.92. The van der Waals surface area contributed by atoms with Crippen LogP contribution in [0.25, 0.3) is 6.08 Å². The van der Waals surface area contributed by atoms with Crippen molar-refractivity contribution in [2.24, 2.45) is 0 Å². The van der Waals surface area contributed by atoms with E-state index in [0.29, 0.717) is 23.7 Å². The van der Waals surface area contributed by atoms with E-state index in [1.165, 1.54) is 17.4 Å². The average molecular weight is 446 g/mol. The van der Waals surface area contributed by atoms with Gasteiger partial charge in [0.15, 0.2) is 11.5 Å². The second-order valence-corrected chi connectivity index (χ2v) is 8.98. The highest BCUT2D eigenvalue weighted by Gasteiger charge is 2.08. The highest BCUT2D eigenvalue weighted by atomic mass is 32.2. The van der Waals surface area contributed by atoms with Crippen LogP contribution >= 0.6 is 11.3 Å². The monoisotopic (exact) mass is 445 g/mol. The zero-order valence-electron chi connectivity index (χ0n) is 16.7. The van der Waals surface area contributed by atoms with E-state index in [2.05, 4.69) is 4.72 Å². The molecule has 1 heterocycles. The molecule has 6 nitrogen and oxygen atoms in total. The molecule has 3 aromatic rings. The molecule has 1 aromatic heterocycles. The fourth-order valence-electron chi connectivity index (χ4n) is 2.59. The highest BCUT2D eigenvalue weighted by Crippen LogP contribution is 2.29. The van der Waals surface area contributed by atoms with Crippen LogP contribution in [0.5, 0.6) is 17.2 Å². The van der Waals surface area contributed by atoms with Crippen molar-refractivity contribution in [3.63, 3.8) is 0 Å². The van der Waals surface area contributed by atoms with Crippen molar-refractivity contribution in [1.29, 1.82) is 0 Å². The fraction of sp³-hybridized carbons (Fsp3) is 0.182. The molecule has 3 rings (SSSR count). The van der Waals surface area contributed by atoms with Gasteiger partial charge in [0.05, 0.1) is 14.2 Å². The molecule has 2 aromatic carbocycles. The normalized spacial score (nSPS) is 11.5. The van der Waals surface area contributed by atoms with E-state index in [0.717, 1.165) is 21.6 Å². The van der Waals surface area contributed by atoms with Crippen LogP contribution in [0.3, 0.4) is 0 Å². The average Bonchev–Trinajstić information content (AvgIpc) is 3.29. The van der Waals surface area contributed by atoms with Gasteiger partial charge in [0.2, 0.25) is 10.0 Å². The van der Waals surface area contributed by atoms with Gasteiger partial charge in [-0.2, -0.15) is 0 Å². The molecule has 0 aliphatic heterocycles. The van der Waals surface area contributed by atoms with Gasteiger partial charge in [0.25, 0.3) is 0 Å². The number of ether oxygens (including phenoxy) is 3. The summed E-state index contributed by atoms with van der Waals surface area (Å²) in [4.78, 5) is 0.951. The zero-order chi connectivity index (χ0) is 21.4. The molecule has 0 unspecified atom stereocenters. The quantitative estimate of drug-likeness (QED) is 0.500. The first-order valence-corrected chi connectivity index (χ1v) is 11.6. The van der Waals surface area contributed by atoms with Gasteiger partial charge in [0.1, 0.15) is 12.4 Å². The maximum absolute atomic E-state index is 12.2. The number of methoxy groups -OCH3 is 2. The van der Waals surface area contributed by atoms with Crippen LogP contribution in [-0.4, -0.2) is 22.6 Å². The van der Waals surface area contributed by atoms with Crippen molar-refractivity contribution >= 4 is 27.4 Å². The molecule has 30 heavy (non-hydrogen) atoms. The summed E-state index contributed by atoms with van der Waals surface area (Å²) in [5.74, 6) is 1.88. The summed E-state index contributed by atoms with van der Waals surface area (Å²) >= 11 is 1.50. The van der Waals surface area contributed by atoms with Crippen molar-refractivity contribution in [2.75, 3.05) is 14.2 Å². The predicted molar refractivity (Wildman–Crippen MR) is 119 cm³/mol. The molecule has 0 atom stereocenters. The van der Waals surface area contributed by atoms with Gasteiger partial charge in [-0.1, -0.05) is 24.3 Å². The molecule has 0 bridgehead atoms. The Morgan fingerprint density at radius 1 is 1.00 bits per heavy atom. The number of hydrogen-bond acceptors (Lipinski definition) is 6. The standard InChI is InChI=1S/C22H23NO5S2/c1-26-19-8-5-18(6-9-19)16-28-21-10-7-17(14-22(21)27-2)11-13-30(24,25)23-15-20-4-3-12-29-20/h3-14,23H,15-16H2,1-2H3. The Labute approximate surface area is 180 Å². The maximum Gasteiger partial charge on any atom is 0.234 e.